The molecule has 1 saturated heterocycles. The molecule has 6 heteroatoms. The van der Waals surface area contributed by atoms with Crippen LogP contribution in [0.15, 0.2) is 24.3 Å². The third kappa shape index (κ3) is 2.30. The number of rotatable bonds is 3. The molecule has 19 heavy (non-hydrogen) atoms. The zero-order chi connectivity index (χ0) is 12.8. The van der Waals surface area contributed by atoms with E-state index in [2.05, 4.69) is 0 Å². The van der Waals surface area contributed by atoms with Crippen LogP contribution in [-0.4, -0.2) is 31.3 Å². The van der Waals surface area contributed by atoms with Crippen molar-refractivity contribution in [2.75, 3.05) is 12.3 Å². The highest BCUT2D eigenvalue weighted by Crippen LogP contribution is 2.53. The van der Waals surface area contributed by atoms with Crippen molar-refractivity contribution in [1.29, 1.82) is 0 Å². The monoisotopic (exact) mass is 301 g/mol. The predicted octanol–water partition coefficient (Wildman–Crippen LogP) is 1.95. The SMILES string of the molecule is Cl.O=Cc1ccc(C2(N3CCCS3(=O)=O)CC2)cc1. The first-order valence-electron chi connectivity index (χ1n) is 6.15. The van der Waals surface area contributed by atoms with Crippen LogP contribution in [0.4, 0.5) is 0 Å². The van der Waals surface area contributed by atoms with Gasteiger partial charge in [0.25, 0.3) is 0 Å². The van der Waals surface area contributed by atoms with E-state index in [-0.39, 0.29) is 23.7 Å². The minimum Gasteiger partial charge on any atom is -0.298 e. The van der Waals surface area contributed by atoms with E-state index in [0.29, 0.717) is 12.1 Å². The number of aldehydes is 1. The molecule has 1 heterocycles. The van der Waals surface area contributed by atoms with Gasteiger partial charge in [0.05, 0.1) is 11.3 Å². The highest BCUT2D eigenvalue weighted by molar-refractivity contribution is 7.89. The maximum atomic E-state index is 12.0. The van der Waals surface area contributed by atoms with Gasteiger partial charge >= 0.3 is 0 Å². The van der Waals surface area contributed by atoms with Gasteiger partial charge in [0.15, 0.2) is 0 Å². The maximum Gasteiger partial charge on any atom is 0.214 e. The number of carbonyl (C=O) groups excluding carboxylic acids is 1. The number of hydrogen-bond donors (Lipinski definition) is 0. The number of carbonyl (C=O) groups is 1. The van der Waals surface area contributed by atoms with E-state index in [9.17, 15) is 13.2 Å². The molecule has 0 aromatic heterocycles. The minimum atomic E-state index is -3.08. The lowest BCUT2D eigenvalue weighted by atomic mass is 10.0. The normalized spacial score (nSPS) is 23.6. The molecule has 0 spiro atoms. The molecule has 0 atom stereocenters. The first kappa shape index (κ1) is 14.5. The van der Waals surface area contributed by atoms with Gasteiger partial charge in [-0.1, -0.05) is 24.3 Å². The number of nitrogens with zero attached hydrogens (tertiary/aromatic N) is 1. The van der Waals surface area contributed by atoms with Crippen molar-refractivity contribution in [2.24, 2.45) is 0 Å². The quantitative estimate of drug-likeness (QED) is 0.802. The van der Waals surface area contributed by atoms with Gasteiger partial charge in [0.2, 0.25) is 10.0 Å². The molecule has 3 rings (SSSR count). The summed E-state index contributed by atoms with van der Waals surface area (Å²) in [4.78, 5) is 10.6. The van der Waals surface area contributed by atoms with Crippen molar-refractivity contribution in [3.63, 3.8) is 0 Å². The van der Waals surface area contributed by atoms with E-state index in [1.807, 2.05) is 12.1 Å². The molecule has 0 bridgehead atoms. The maximum absolute atomic E-state index is 12.0. The van der Waals surface area contributed by atoms with Gasteiger partial charge in [0, 0.05) is 12.1 Å². The second kappa shape index (κ2) is 4.89. The molecule has 1 aromatic rings. The summed E-state index contributed by atoms with van der Waals surface area (Å²) in [7, 11) is -3.08. The molecule has 0 unspecified atom stereocenters. The molecule has 104 valence electrons. The molecule has 1 aliphatic carbocycles. The molecule has 1 aromatic carbocycles. The summed E-state index contributed by atoms with van der Waals surface area (Å²) >= 11 is 0. The lowest BCUT2D eigenvalue weighted by Gasteiger charge is -2.26. The third-order valence-electron chi connectivity index (χ3n) is 3.88. The van der Waals surface area contributed by atoms with Crippen LogP contribution in [0.2, 0.25) is 0 Å². The van der Waals surface area contributed by atoms with Crippen molar-refractivity contribution in [3.05, 3.63) is 35.4 Å². The summed E-state index contributed by atoms with van der Waals surface area (Å²) in [6.45, 7) is 0.623. The topological polar surface area (TPSA) is 54.5 Å². The van der Waals surface area contributed by atoms with Crippen LogP contribution in [0.1, 0.15) is 35.2 Å². The standard InChI is InChI=1S/C13H15NO3S.ClH/c15-10-11-2-4-12(5-3-11)13(6-7-13)14-8-1-9-18(14,16)17;/h2-5,10H,1,6-9H2;1H. The third-order valence-corrected chi connectivity index (χ3v) is 5.89. The molecular formula is C13H16ClNO3S. The fourth-order valence-electron chi connectivity index (χ4n) is 2.79. The average Bonchev–Trinajstić information content (AvgIpc) is 3.09. The summed E-state index contributed by atoms with van der Waals surface area (Å²) in [5.41, 5.74) is 1.31. The molecular weight excluding hydrogens is 286 g/mol. The van der Waals surface area contributed by atoms with E-state index in [1.54, 1.807) is 16.4 Å². The smallest absolute Gasteiger partial charge is 0.214 e. The highest BCUT2D eigenvalue weighted by Gasteiger charge is 2.55. The molecule has 4 nitrogen and oxygen atoms in total. The van der Waals surface area contributed by atoms with Crippen molar-refractivity contribution in [1.82, 2.24) is 4.31 Å². The van der Waals surface area contributed by atoms with Crippen LogP contribution in [0.5, 0.6) is 0 Å². The fraction of sp³-hybridized carbons (Fsp3) is 0.462. The largest absolute Gasteiger partial charge is 0.298 e. The first-order chi connectivity index (χ1) is 8.58. The Kier molecular flexibility index (Phi) is 3.73. The number of hydrogen-bond acceptors (Lipinski definition) is 3. The lowest BCUT2D eigenvalue weighted by Crippen LogP contribution is -2.36. The van der Waals surface area contributed by atoms with E-state index < -0.39 is 10.0 Å². The highest BCUT2D eigenvalue weighted by atomic mass is 35.5. The Morgan fingerprint density at radius 3 is 2.21 bits per heavy atom. The fourth-order valence-corrected chi connectivity index (χ4v) is 4.73. The molecule has 0 amide bonds. The Labute approximate surface area is 119 Å². The van der Waals surface area contributed by atoms with Gasteiger partial charge in [-0.25, -0.2) is 8.42 Å². The summed E-state index contributed by atoms with van der Waals surface area (Å²) < 4.78 is 25.7. The molecule has 1 aliphatic heterocycles. The van der Waals surface area contributed by atoms with Gasteiger partial charge in [-0.05, 0) is 24.8 Å². The second-order valence-electron chi connectivity index (χ2n) is 5.01. The summed E-state index contributed by atoms with van der Waals surface area (Å²) in [5, 5.41) is 0. The van der Waals surface area contributed by atoms with Crippen LogP contribution < -0.4 is 0 Å². The van der Waals surface area contributed by atoms with E-state index in [4.69, 9.17) is 0 Å². The Hall–Kier alpha value is -0.910. The Morgan fingerprint density at radius 1 is 1.16 bits per heavy atom. The van der Waals surface area contributed by atoms with Gasteiger partial charge in [0.1, 0.15) is 6.29 Å². The van der Waals surface area contributed by atoms with Crippen molar-refractivity contribution >= 4 is 28.7 Å². The minimum absolute atomic E-state index is 0. The summed E-state index contributed by atoms with van der Waals surface area (Å²) in [5.74, 6) is 0.265. The van der Waals surface area contributed by atoms with E-state index >= 15 is 0 Å². The van der Waals surface area contributed by atoms with Gasteiger partial charge in [-0.3, -0.25) is 4.79 Å². The van der Waals surface area contributed by atoms with Crippen LogP contribution >= 0.6 is 12.4 Å². The van der Waals surface area contributed by atoms with Gasteiger partial charge in [-0.15, -0.1) is 12.4 Å². The zero-order valence-corrected chi connectivity index (χ0v) is 12.0. The number of halogens is 1. The molecule has 0 N–H and O–H groups in total. The van der Waals surface area contributed by atoms with Crippen molar-refractivity contribution < 1.29 is 13.2 Å². The molecule has 2 aliphatic rings. The van der Waals surface area contributed by atoms with E-state index in [0.717, 1.165) is 31.1 Å². The van der Waals surface area contributed by atoms with Crippen LogP contribution in [0.3, 0.4) is 0 Å². The zero-order valence-electron chi connectivity index (χ0n) is 10.4. The Bertz CT molecular complexity index is 578. The summed E-state index contributed by atoms with van der Waals surface area (Å²) in [6.07, 6.45) is 3.28. The van der Waals surface area contributed by atoms with Crippen LogP contribution in [0.25, 0.3) is 0 Å². The predicted molar refractivity (Wildman–Crippen MR) is 75.1 cm³/mol. The number of sulfonamides is 1. The van der Waals surface area contributed by atoms with Gasteiger partial charge < -0.3 is 0 Å². The Balaban J connectivity index is 0.00000133. The van der Waals surface area contributed by atoms with Gasteiger partial charge in [-0.2, -0.15) is 4.31 Å². The van der Waals surface area contributed by atoms with Crippen molar-refractivity contribution in [2.45, 2.75) is 24.8 Å². The first-order valence-corrected chi connectivity index (χ1v) is 7.76. The second-order valence-corrected chi connectivity index (χ2v) is 7.03. The van der Waals surface area contributed by atoms with E-state index in [1.165, 1.54) is 0 Å². The Morgan fingerprint density at radius 2 is 1.79 bits per heavy atom. The average molecular weight is 302 g/mol. The lowest BCUT2D eigenvalue weighted by molar-refractivity contribution is 0.112. The van der Waals surface area contributed by atoms with Crippen LogP contribution in [0, 0.1) is 0 Å². The molecule has 0 radical (unpaired) electrons. The number of benzene rings is 1. The molecule has 1 saturated carbocycles. The summed E-state index contributed by atoms with van der Waals surface area (Å²) in [6, 6.07) is 7.27. The van der Waals surface area contributed by atoms with Crippen molar-refractivity contribution in [3.8, 4) is 0 Å². The molecule has 2 fully saturated rings. The van der Waals surface area contributed by atoms with Crippen LogP contribution in [-0.2, 0) is 15.6 Å².